The Bertz CT molecular complexity index is 572. The van der Waals surface area contributed by atoms with E-state index in [0.717, 1.165) is 11.1 Å². The molecule has 2 nitrogen and oxygen atoms in total. The maximum atomic E-state index is 11.4. The molecule has 1 atom stereocenters. The van der Waals surface area contributed by atoms with E-state index in [1.165, 1.54) is 11.8 Å². The molecule has 104 valence electrons. The summed E-state index contributed by atoms with van der Waals surface area (Å²) in [5, 5.41) is 9.55. The van der Waals surface area contributed by atoms with Gasteiger partial charge in [-0.2, -0.15) is 0 Å². The van der Waals surface area contributed by atoms with Crippen LogP contribution in [0.15, 0.2) is 54.6 Å². The SMILES string of the molecule is O=C(O)C(Cc1ccccc1)SCc1ccccc1Cl. The molecule has 0 aliphatic heterocycles. The van der Waals surface area contributed by atoms with E-state index in [-0.39, 0.29) is 0 Å². The summed E-state index contributed by atoms with van der Waals surface area (Å²) >= 11 is 7.49. The first-order valence-corrected chi connectivity index (χ1v) is 7.71. The molecule has 1 unspecified atom stereocenters. The summed E-state index contributed by atoms with van der Waals surface area (Å²) in [5.41, 5.74) is 2.00. The van der Waals surface area contributed by atoms with Crippen LogP contribution >= 0.6 is 23.4 Å². The van der Waals surface area contributed by atoms with Crippen molar-refractivity contribution in [1.82, 2.24) is 0 Å². The molecule has 0 fully saturated rings. The average molecular weight is 307 g/mol. The minimum Gasteiger partial charge on any atom is -0.480 e. The van der Waals surface area contributed by atoms with Gasteiger partial charge in [0.2, 0.25) is 0 Å². The van der Waals surface area contributed by atoms with E-state index in [2.05, 4.69) is 0 Å². The number of aliphatic carboxylic acids is 1. The summed E-state index contributed by atoms with van der Waals surface area (Å²) < 4.78 is 0. The van der Waals surface area contributed by atoms with Crippen molar-refractivity contribution in [2.45, 2.75) is 17.4 Å². The van der Waals surface area contributed by atoms with Gasteiger partial charge < -0.3 is 5.11 Å². The third-order valence-corrected chi connectivity index (χ3v) is 4.55. The highest BCUT2D eigenvalue weighted by atomic mass is 35.5. The molecule has 2 rings (SSSR count). The minimum absolute atomic E-state index is 0.464. The average Bonchev–Trinajstić information content (AvgIpc) is 2.46. The number of carboxylic acid groups (broad SMARTS) is 1. The Hall–Kier alpha value is -1.45. The van der Waals surface area contributed by atoms with Crippen molar-refractivity contribution in [3.05, 3.63) is 70.7 Å². The maximum absolute atomic E-state index is 11.4. The lowest BCUT2D eigenvalue weighted by molar-refractivity contribution is -0.136. The standard InChI is InChI=1S/C16H15ClO2S/c17-14-9-5-4-8-13(14)11-20-15(16(18)19)10-12-6-2-1-3-7-12/h1-9,15H,10-11H2,(H,18,19). The van der Waals surface area contributed by atoms with Crippen LogP contribution in [0.4, 0.5) is 0 Å². The van der Waals surface area contributed by atoms with Crippen molar-refractivity contribution in [3.8, 4) is 0 Å². The minimum atomic E-state index is -0.786. The maximum Gasteiger partial charge on any atom is 0.316 e. The number of halogens is 1. The molecular weight excluding hydrogens is 292 g/mol. The third kappa shape index (κ3) is 4.29. The molecule has 0 saturated carbocycles. The van der Waals surface area contributed by atoms with Gasteiger partial charge in [-0.25, -0.2) is 0 Å². The zero-order valence-electron chi connectivity index (χ0n) is 10.8. The first-order chi connectivity index (χ1) is 9.66. The van der Waals surface area contributed by atoms with Gasteiger partial charge in [-0.05, 0) is 23.6 Å². The van der Waals surface area contributed by atoms with Crippen molar-refractivity contribution in [2.24, 2.45) is 0 Å². The fourth-order valence-corrected chi connectivity index (χ4v) is 3.22. The predicted molar refractivity (Wildman–Crippen MR) is 84.3 cm³/mol. The topological polar surface area (TPSA) is 37.3 Å². The molecule has 20 heavy (non-hydrogen) atoms. The normalized spacial score (nSPS) is 12.1. The van der Waals surface area contributed by atoms with Gasteiger partial charge in [0.05, 0.1) is 0 Å². The zero-order valence-corrected chi connectivity index (χ0v) is 12.4. The lowest BCUT2D eigenvalue weighted by atomic mass is 10.1. The Morgan fingerprint density at radius 2 is 1.75 bits per heavy atom. The number of benzene rings is 2. The lowest BCUT2D eigenvalue weighted by Crippen LogP contribution is -2.19. The van der Waals surface area contributed by atoms with Crippen LogP contribution in [0, 0.1) is 0 Å². The first kappa shape index (κ1) is 14.9. The quantitative estimate of drug-likeness (QED) is 0.866. The molecule has 0 spiro atoms. The molecule has 0 aliphatic carbocycles. The van der Waals surface area contributed by atoms with Gasteiger partial charge in [-0.15, -0.1) is 11.8 Å². The molecule has 0 aliphatic rings. The van der Waals surface area contributed by atoms with E-state index in [0.29, 0.717) is 17.2 Å². The van der Waals surface area contributed by atoms with Crippen LogP contribution in [0.1, 0.15) is 11.1 Å². The molecule has 0 heterocycles. The van der Waals surface area contributed by atoms with E-state index < -0.39 is 11.2 Å². The van der Waals surface area contributed by atoms with Crippen LogP contribution in [0.25, 0.3) is 0 Å². The van der Waals surface area contributed by atoms with Crippen LogP contribution in [0.3, 0.4) is 0 Å². The molecule has 0 aromatic heterocycles. The van der Waals surface area contributed by atoms with Gasteiger partial charge in [0.25, 0.3) is 0 Å². The molecule has 0 bridgehead atoms. The fraction of sp³-hybridized carbons (Fsp3) is 0.188. The summed E-state index contributed by atoms with van der Waals surface area (Å²) in [6.45, 7) is 0. The van der Waals surface area contributed by atoms with Gasteiger partial charge in [-0.3, -0.25) is 4.79 Å². The fourth-order valence-electron chi connectivity index (χ4n) is 1.85. The van der Waals surface area contributed by atoms with Gasteiger partial charge in [-0.1, -0.05) is 60.1 Å². The van der Waals surface area contributed by atoms with E-state index in [1.807, 2.05) is 54.6 Å². The van der Waals surface area contributed by atoms with Crippen molar-refractivity contribution in [1.29, 1.82) is 0 Å². The van der Waals surface area contributed by atoms with Gasteiger partial charge >= 0.3 is 5.97 Å². The third-order valence-electron chi connectivity index (χ3n) is 2.94. The van der Waals surface area contributed by atoms with E-state index in [4.69, 9.17) is 11.6 Å². The number of rotatable bonds is 6. The number of hydrogen-bond acceptors (Lipinski definition) is 2. The molecule has 0 radical (unpaired) electrons. The molecule has 4 heteroatoms. The largest absolute Gasteiger partial charge is 0.480 e. The summed E-state index contributed by atoms with van der Waals surface area (Å²) in [7, 11) is 0. The van der Waals surface area contributed by atoms with E-state index >= 15 is 0 Å². The van der Waals surface area contributed by atoms with Gasteiger partial charge in [0, 0.05) is 10.8 Å². The Morgan fingerprint density at radius 3 is 2.40 bits per heavy atom. The van der Waals surface area contributed by atoms with Crippen LogP contribution < -0.4 is 0 Å². The highest BCUT2D eigenvalue weighted by Crippen LogP contribution is 2.25. The van der Waals surface area contributed by atoms with Crippen molar-refractivity contribution in [2.75, 3.05) is 0 Å². The summed E-state index contributed by atoms with van der Waals surface area (Å²) in [6, 6.07) is 17.2. The van der Waals surface area contributed by atoms with Crippen LogP contribution in [-0.4, -0.2) is 16.3 Å². The van der Waals surface area contributed by atoms with Crippen molar-refractivity contribution >= 4 is 29.3 Å². The van der Waals surface area contributed by atoms with E-state index in [9.17, 15) is 9.90 Å². The molecule has 2 aromatic carbocycles. The van der Waals surface area contributed by atoms with Gasteiger partial charge in [0.1, 0.15) is 5.25 Å². The number of thioether (sulfide) groups is 1. The first-order valence-electron chi connectivity index (χ1n) is 6.28. The predicted octanol–water partition coefficient (Wildman–Crippen LogP) is 4.27. The summed E-state index contributed by atoms with van der Waals surface area (Å²) in [4.78, 5) is 11.4. The lowest BCUT2D eigenvalue weighted by Gasteiger charge is -2.12. The Balaban J connectivity index is 2.00. The summed E-state index contributed by atoms with van der Waals surface area (Å²) in [5.74, 6) is -0.186. The molecule has 0 amide bonds. The number of carboxylic acids is 1. The molecule has 2 aromatic rings. The summed E-state index contributed by atoms with van der Waals surface area (Å²) in [6.07, 6.45) is 0.519. The molecular formula is C16H15ClO2S. The van der Waals surface area contributed by atoms with Crippen LogP contribution in [-0.2, 0) is 17.0 Å². The van der Waals surface area contributed by atoms with Crippen molar-refractivity contribution < 1.29 is 9.90 Å². The van der Waals surface area contributed by atoms with Gasteiger partial charge in [0.15, 0.2) is 0 Å². The van der Waals surface area contributed by atoms with Crippen LogP contribution in [0.5, 0.6) is 0 Å². The van der Waals surface area contributed by atoms with Crippen LogP contribution in [0.2, 0.25) is 5.02 Å². The molecule has 0 saturated heterocycles. The molecule has 1 N–H and O–H groups in total. The number of carbonyl (C=O) groups is 1. The Morgan fingerprint density at radius 1 is 1.10 bits per heavy atom. The monoisotopic (exact) mass is 306 g/mol. The second kappa shape index (κ2) is 7.36. The number of hydrogen-bond donors (Lipinski definition) is 1. The Labute approximate surface area is 127 Å². The smallest absolute Gasteiger partial charge is 0.316 e. The van der Waals surface area contributed by atoms with Crippen molar-refractivity contribution in [3.63, 3.8) is 0 Å². The van der Waals surface area contributed by atoms with E-state index in [1.54, 1.807) is 0 Å². The highest BCUT2D eigenvalue weighted by Gasteiger charge is 2.18. The zero-order chi connectivity index (χ0) is 14.4. The highest BCUT2D eigenvalue weighted by molar-refractivity contribution is 7.99. The Kier molecular flexibility index (Phi) is 5.50. The second-order valence-corrected chi connectivity index (χ2v) is 6.02. The second-order valence-electron chi connectivity index (χ2n) is 4.42.